The molecule has 1 saturated heterocycles. The number of ether oxygens (including phenoxy) is 1. The van der Waals surface area contributed by atoms with Crippen molar-refractivity contribution in [2.75, 3.05) is 26.8 Å². The van der Waals surface area contributed by atoms with E-state index < -0.39 is 12.1 Å². The summed E-state index contributed by atoms with van der Waals surface area (Å²) in [5, 5.41) is 25.9. The summed E-state index contributed by atoms with van der Waals surface area (Å²) in [4.78, 5) is 13.2. The average molecular weight is 456 g/mol. The molecule has 0 aromatic heterocycles. The highest BCUT2D eigenvalue weighted by atomic mass is 16.5. The van der Waals surface area contributed by atoms with Crippen molar-refractivity contribution in [3.8, 4) is 22.9 Å². The maximum atomic E-state index is 13.2. The number of methoxy groups -OCH3 is 1. The van der Waals surface area contributed by atoms with Crippen LogP contribution in [0.3, 0.4) is 0 Å². The Hall–Kier alpha value is -3.50. The second-order valence-electron chi connectivity index (χ2n) is 8.54. The van der Waals surface area contributed by atoms with Crippen LogP contribution in [-0.4, -0.2) is 43.2 Å². The molecule has 0 bridgehead atoms. The van der Waals surface area contributed by atoms with Gasteiger partial charge in [-0.25, -0.2) is 0 Å². The first-order valence-corrected chi connectivity index (χ1v) is 11.4. The van der Waals surface area contributed by atoms with E-state index in [1.807, 2.05) is 60.7 Å². The van der Waals surface area contributed by atoms with Crippen LogP contribution in [0.15, 0.2) is 72.8 Å². The summed E-state index contributed by atoms with van der Waals surface area (Å²) in [7, 11) is 1.63. The van der Waals surface area contributed by atoms with Gasteiger partial charge < -0.3 is 20.5 Å². The Kier molecular flexibility index (Phi) is 7.39. The average Bonchev–Trinajstić information content (AvgIpc) is 2.92. The van der Waals surface area contributed by atoms with Crippen LogP contribution in [0.2, 0.25) is 0 Å². The second kappa shape index (κ2) is 10.6. The molecule has 2 atom stereocenters. The van der Waals surface area contributed by atoms with E-state index in [4.69, 9.17) is 10.00 Å². The van der Waals surface area contributed by atoms with Gasteiger partial charge in [0.2, 0.25) is 0 Å². The number of carbonyl (C=O) groups is 1. The lowest BCUT2D eigenvalue weighted by Gasteiger charge is -2.44. The van der Waals surface area contributed by atoms with E-state index in [2.05, 4.69) is 16.7 Å². The van der Waals surface area contributed by atoms with Gasteiger partial charge in [0.05, 0.1) is 24.3 Å². The Morgan fingerprint density at radius 1 is 1.15 bits per heavy atom. The van der Waals surface area contributed by atoms with Crippen LogP contribution in [0.5, 0.6) is 5.75 Å². The van der Waals surface area contributed by atoms with Crippen LogP contribution in [0.4, 0.5) is 0 Å². The minimum atomic E-state index is -0.892. The lowest BCUT2D eigenvalue weighted by molar-refractivity contribution is -0.130. The number of piperidine rings is 1. The number of nitriles is 1. The Labute approximate surface area is 200 Å². The molecule has 0 unspecified atom stereocenters. The van der Waals surface area contributed by atoms with E-state index in [9.17, 15) is 9.90 Å². The highest BCUT2D eigenvalue weighted by molar-refractivity contribution is 5.91. The number of nitrogens with one attached hydrogen (secondary N) is 2. The normalized spacial score (nSPS) is 19.9. The summed E-state index contributed by atoms with van der Waals surface area (Å²) in [6.07, 6.45) is 0.573. The van der Waals surface area contributed by atoms with Gasteiger partial charge in [-0.05, 0) is 53.9 Å². The van der Waals surface area contributed by atoms with Gasteiger partial charge in [-0.3, -0.25) is 4.79 Å². The third-order valence-corrected chi connectivity index (χ3v) is 6.70. The van der Waals surface area contributed by atoms with Crippen LogP contribution >= 0.6 is 0 Å². The molecular formula is C28H29N3O3. The maximum absolute atomic E-state index is 13.2. The standard InChI is InChI=1S/C28H29N3O3/c1-34-26-12-11-23(21-9-7-20(16-29)8-10-21)15-24(26)17-31-28(27(33)19-32)13-14-30-18-25(28)22-5-3-2-4-6-22/h2-12,15,25,30-32H,13-14,17-19H2,1H3/t25-,28-/m0/s1. The minimum Gasteiger partial charge on any atom is -0.496 e. The molecular weight excluding hydrogens is 426 g/mol. The van der Waals surface area contributed by atoms with Gasteiger partial charge >= 0.3 is 0 Å². The number of benzene rings is 3. The molecule has 1 aliphatic heterocycles. The molecule has 0 spiro atoms. The van der Waals surface area contributed by atoms with Crippen LogP contribution in [0.25, 0.3) is 11.1 Å². The first-order chi connectivity index (χ1) is 16.6. The van der Waals surface area contributed by atoms with Crippen LogP contribution in [0, 0.1) is 11.3 Å². The fraction of sp³-hybridized carbons (Fsp3) is 0.286. The van der Waals surface area contributed by atoms with E-state index in [-0.39, 0.29) is 11.7 Å². The Morgan fingerprint density at radius 2 is 1.88 bits per heavy atom. The Morgan fingerprint density at radius 3 is 2.56 bits per heavy atom. The molecule has 3 aromatic rings. The molecule has 0 radical (unpaired) electrons. The molecule has 3 aromatic carbocycles. The molecule has 0 aliphatic carbocycles. The van der Waals surface area contributed by atoms with Crippen molar-refractivity contribution in [3.63, 3.8) is 0 Å². The number of ketones is 1. The van der Waals surface area contributed by atoms with Crippen molar-refractivity contribution in [1.82, 2.24) is 10.6 Å². The zero-order chi connectivity index (χ0) is 24.0. The van der Waals surface area contributed by atoms with E-state index in [1.165, 1.54) is 0 Å². The summed E-state index contributed by atoms with van der Waals surface area (Å²) in [6, 6.07) is 25.5. The quantitative estimate of drug-likeness (QED) is 0.482. The predicted molar refractivity (Wildman–Crippen MR) is 131 cm³/mol. The third-order valence-electron chi connectivity index (χ3n) is 6.70. The highest BCUT2D eigenvalue weighted by Crippen LogP contribution is 2.35. The lowest BCUT2D eigenvalue weighted by Crippen LogP contribution is -2.63. The fourth-order valence-electron chi connectivity index (χ4n) is 4.84. The third kappa shape index (κ3) is 4.73. The van der Waals surface area contributed by atoms with Gasteiger partial charge in [0.15, 0.2) is 5.78 Å². The molecule has 174 valence electrons. The molecule has 34 heavy (non-hydrogen) atoms. The van der Waals surface area contributed by atoms with Gasteiger partial charge in [0.1, 0.15) is 12.4 Å². The molecule has 4 rings (SSSR count). The Balaban J connectivity index is 1.67. The monoisotopic (exact) mass is 455 g/mol. The zero-order valence-corrected chi connectivity index (χ0v) is 19.3. The number of nitrogens with zero attached hydrogens (tertiary/aromatic N) is 1. The molecule has 3 N–H and O–H groups in total. The fourth-order valence-corrected chi connectivity index (χ4v) is 4.84. The number of Topliss-reactive ketones (excluding diaryl/α,β-unsaturated/α-hetero) is 1. The molecule has 1 aliphatic rings. The molecule has 6 nitrogen and oxygen atoms in total. The summed E-state index contributed by atoms with van der Waals surface area (Å²) in [5.74, 6) is 0.404. The van der Waals surface area contributed by atoms with Crippen molar-refractivity contribution in [2.24, 2.45) is 0 Å². The number of hydrogen-bond donors (Lipinski definition) is 3. The minimum absolute atomic E-state index is 0.116. The van der Waals surface area contributed by atoms with Crippen LogP contribution in [-0.2, 0) is 11.3 Å². The Bertz CT molecular complexity index is 1170. The molecule has 6 heteroatoms. The van der Waals surface area contributed by atoms with Crippen molar-refractivity contribution in [1.29, 1.82) is 5.26 Å². The van der Waals surface area contributed by atoms with E-state index >= 15 is 0 Å². The molecule has 1 heterocycles. The van der Waals surface area contributed by atoms with Gasteiger partial charge in [0.25, 0.3) is 0 Å². The van der Waals surface area contributed by atoms with Crippen LogP contribution in [0.1, 0.15) is 29.0 Å². The van der Waals surface area contributed by atoms with Gasteiger partial charge in [-0.15, -0.1) is 0 Å². The maximum Gasteiger partial charge on any atom is 0.178 e. The summed E-state index contributed by atoms with van der Waals surface area (Å²) in [6.45, 7) is 1.22. The van der Waals surface area contributed by atoms with Gasteiger partial charge in [-0.1, -0.05) is 48.5 Å². The van der Waals surface area contributed by atoms with Gasteiger partial charge in [0, 0.05) is 24.6 Å². The van der Waals surface area contributed by atoms with E-state index in [0.29, 0.717) is 31.6 Å². The van der Waals surface area contributed by atoms with Crippen molar-refractivity contribution >= 4 is 5.78 Å². The highest BCUT2D eigenvalue weighted by Gasteiger charge is 2.46. The second-order valence-corrected chi connectivity index (χ2v) is 8.54. The first-order valence-electron chi connectivity index (χ1n) is 11.4. The van der Waals surface area contributed by atoms with E-state index in [1.54, 1.807) is 19.2 Å². The summed E-state index contributed by atoms with van der Waals surface area (Å²) < 4.78 is 5.61. The number of rotatable bonds is 8. The zero-order valence-electron chi connectivity index (χ0n) is 19.3. The van der Waals surface area contributed by atoms with Crippen molar-refractivity contribution in [3.05, 3.63) is 89.5 Å². The van der Waals surface area contributed by atoms with Crippen LogP contribution < -0.4 is 15.4 Å². The first kappa shape index (κ1) is 23.7. The number of aliphatic hydroxyl groups is 1. The van der Waals surface area contributed by atoms with E-state index in [0.717, 1.165) is 28.0 Å². The SMILES string of the molecule is COc1ccc(-c2ccc(C#N)cc2)cc1CN[C@@]1(C(=O)CO)CCNC[C@H]1c1ccccc1. The van der Waals surface area contributed by atoms with Crippen molar-refractivity contribution < 1.29 is 14.6 Å². The summed E-state index contributed by atoms with van der Waals surface area (Å²) in [5.41, 5.74) is 3.68. The number of aliphatic hydroxyl groups excluding tert-OH is 1. The topological polar surface area (TPSA) is 94.4 Å². The lowest BCUT2D eigenvalue weighted by atomic mass is 9.72. The molecule has 0 saturated carbocycles. The van der Waals surface area contributed by atoms with Crippen molar-refractivity contribution in [2.45, 2.75) is 24.4 Å². The largest absolute Gasteiger partial charge is 0.496 e. The molecule has 0 amide bonds. The number of hydrogen-bond acceptors (Lipinski definition) is 6. The molecule has 1 fully saturated rings. The predicted octanol–water partition coefficient (Wildman–Crippen LogP) is 3.40. The van der Waals surface area contributed by atoms with Gasteiger partial charge in [-0.2, -0.15) is 5.26 Å². The number of carbonyl (C=O) groups excluding carboxylic acids is 1. The smallest absolute Gasteiger partial charge is 0.178 e. The summed E-state index contributed by atoms with van der Waals surface area (Å²) >= 11 is 0.